The van der Waals surface area contributed by atoms with Crippen LogP contribution in [0.25, 0.3) is 0 Å². The molecule has 0 radical (unpaired) electrons. The van der Waals surface area contributed by atoms with Gasteiger partial charge in [0.05, 0.1) is 4.47 Å². The van der Waals surface area contributed by atoms with E-state index in [9.17, 15) is 8.42 Å². The van der Waals surface area contributed by atoms with Gasteiger partial charge < -0.3 is 0 Å². The van der Waals surface area contributed by atoms with Gasteiger partial charge in [-0.2, -0.15) is 0 Å². The number of aryl methyl sites for hydroxylation is 2. The van der Waals surface area contributed by atoms with Crippen molar-refractivity contribution < 1.29 is 8.42 Å². The fraction of sp³-hybridized carbons (Fsp3) is 0.214. The summed E-state index contributed by atoms with van der Waals surface area (Å²) in [7, 11) is -3.62. The number of benzene rings is 1. The van der Waals surface area contributed by atoms with Gasteiger partial charge in [-0.1, -0.05) is 40.9 Å². The van der Waals surface area contributed by atoms with Crippen LogP contribution in [0.5, 0.6) is 0 Å². The summed E-state index contributed by atoms with van der Waals surface area (Å²) in [5, 5.41) is 0.225. The zero-order valence-electron chi connectivity index (χ0n) is 11.5. The molecule has 21 heavy (non-hydrogen) atoms. The maximum Gasteiger partial charge on any atom is 0.242 e. The summed E-state index contributed by atoms with van der Waals surface area (Å²) in [6.45, 7) is 4.18. The quantitative estimate of drug-likeness (QED) is 0.813. The number of hydrogen-bond donors (Lipinski definition) is 1. The van der Waals surface area contributed by atoms with Crippen molar-refractivity contribution in [3.63, 3.8) is 0 Å². The first-order valence-corrected chi connectivity index (χ1v) is 8.81. The van der Waals surface area contributed by atoms with E-state index in [0.29, 0.717) is 4.47 Å². The summed E-state index contributed by atoms with van der Waals surface area (Å²) in [6.07, 6.45) is 1.23. The Balaban J connectivity index is 2.19. The number of sulfonamides is 1. The van der Waals surface area contributed by atoms with E-state index in [1.165, 1.54) is 12.3 Å². The molecular formula is C14H14BrClN2O2S. The van der Waals surface area contributed by atoms with Crippen molar-refractivity contribution in [2.24, 2.45) is 0 Å². The normalized spacial score (nSPS) is 11.6. The minimum Gasteiger partial charge on any atom is -0.242 e. The zero-order chi connectivity index (χ0) is 15.6. The van der Waals surface area contributed by atoms with Gasteiger partial charge in [0.25, 0.3) is 0 Å². The Bertz CT molecular complexity index is 758. The predicted molar refractivity (Wildman–Crippen MR) is 86.9 cm³/mol. The Labute approximate surface area is 137 Å². The molecule has 1 aromatic carbocycles. The Morgan fingerprint density at radius 3 is 2.38 bits per heavy atom. The molecule has 2 aromatic rings. The maximum atomic E-state index is 12.2. The molecule has 0 spiro atoms. The molecule has 1 N–H and O–H groups in total. The Kier molecular flexibility index (Phi) is 5.03. The first kappa shape index (κ1) is 16.4. The first-order chi connectivity index (χ1) is 9.78. The second-order valence-electron chi connectivity index (χ2n) is 4.76. The Morgan fingerprint density at radius 1 is 1.19 bits per heavy atom. The Morgan fingerprint density at radius 2 is 1.81 bits per heavy atom. The molecule has 2 rings (SSSR count). The van der Waals surface area contributed by atoms with Crippen molar-refractivity contribution >= 4 is 37.6 Å². The number of rotatable bonds is 4. The summed E-state index contributed by atoms with van der Waals surface area (Å²) in [5.74, 6) is 0. The molecule has 0 saturated heterocycles. The highest BCUT2D eigenvalue weighted by atomic mass is 79.9. The average Bonchev–Trinajstić information content (AvgIpc) is 2.38. The van der Waals surface area contributed by atoms with E-state index in [1.807, 2.05) is 32.0 Å². The molecule has 1 aromatic heterocycles. The highest BCUT2D eigenvalue weighted by Gasteiger charge is 2.16. The number of halogens is 2. The van der Waals surface area contributed by atoms with Crippen LogP contribution in [-0.4, -0.2) is 13.4 Å². The van der Waals surface area contributed by atoms with E-state index < -0.39 is 10.0 Å². The molecule has 0 unspecified atom stereocenters. The van der Waals surface area contributed by atoms with Crippen LogP contribution in [0.1, 0.15) is 16.7 Å². The van der Waals surface area contributed by atoms with Gasteiger partial charge in [0.15, 0.2) is 0 Å². The van der Waals surface area contributed by atoms with Gasteiger partial charge in [0, 0.05) is 12.7 Å². The number of nitrogens with zero attached hydrogens (tertiary/aromatic N) is 1. The molecule has 0 atom stereocenters. The second kappa shape index (κ2) is 6.44. The van der Waals surface area contributed by atoms with Crippen LogP contribution in [0.4, 0.5) is 0 Å². The van der Waals surface area contributed by atoms with Crippen LogP contribution < -0.4 is 4.72 Å². The first-order valence-electron chi connectivity index (χ1n) is 6.16. The molecule has 0 aliphatic carbocycles. The van der Waals surface area contributed by atoms with Crippen molar-refractivity contribution in [2.45, 2.75) is 25.3 Å². The molecule has 0 bridgehead atoms. The van der Waals surface area contributed by atoms with E-state index in [2.05, 4.69) is 25.6 Å². The fourth-order valence-corrected chi connectivity index (χ4v) is 3.58. The van der Waals surface area contributed by atoms with Gasteiger partial charge in [0.1, 0.15) is 10.0 Å². The van der Waals surface area contributed by atoms with Crippen molar-refractivity contribution in [1.82, 2.24) is 9.71 Å². The van der Waals surface area contributed by atoms with Gasteiger partial charge in [-0.05, 0) is 41.4 Å². The summed E-state index contributed by atoms with van der Waals surface area (Å²) in [6, 6.07) is 7.37. The highest BCUT2D eigenvalue weighted by molar-refractivity contribution is 9.10. The number of nitrogens with one attached hydrogen (secondary N) is 1. The lowest BCUT2D eigenvalue weighted by molar-refractivity contribution is 0.581. The molecule has 112 valence electrons. The molecule has 0 fully saturated rings. The van der Waals surface area contributed by atoms with Crippen molar-refractivity contribution in [3.05, 3.63) is 56.8 Å². The lowest BCUT2D eigenvalue weighted by atomic mass is 10.1. The predicted octanol–water partition coefficient (Wildman–Crippen LogP) is 3.59. The fourth-order valence-electron chi connectivity index (χ4n) is 1.98. The SMILES string of the molecule is Cc1cc(C)cc(CNS(=O)(=O)c2cnc(Cl)c(Br)c2)c1. The van der Waals surface area contributed by atoms with E-state index in [0.717, 1.165) is 16.7 Å². The number of pyridine rings is 1. The average molecular weight is 390 g/mol. The van der Waals surface area contributed by atoms with Crippen LogP contribution in [0.3, 0.4) is 0 Å². The van der Waals surface area contributed by atoms with Crippen LogP contribution in [-0.2, 0) is 16.6 Å². The van der Waals surface area contributed by atoms with Crippen LogP contribution >= 0.6 is 27.5 Å². The number of aromatic nitrogens is 1. The molecule has 4 nitrogen and oxygen atoms in total. The van der Waals surface area contributed by atoms with E-state index in [1.54, 1.807) is 0 Å². The van der Waals surface area contributed by atoms with Gasteiger partial charge in [-0.25, -0.2) is 18.1 Å². The molecule has 0 amide bonds. The summed E-state index contributed by atoms with van der Waals surface area (Å²) >= 11 is 8.93. The smallest absolute Gasteiger partial charge is 0.242 e. The summed E-state index contributed by atoms with van der Waals surface area (Å²) < 4.78 is 27.5. The molecular weight excluding hydrogens is 376 g/mol. The minimum absolute atomic E-state index is 0.0724. The Hall–Kier alpha value is -0.950. The molecule has 0 saturated carbocycles. The standard InChI is InChI=1S/C14H14BrClN2O2S/c1-9-3-10(2)5-11(4-9)7-18-21(19,20)12-6-13(15)14(16)17-8-12/h3-6,8,18H,7H2,1-2H3. The third kappa shape index (κ3) is 4.26. The van der Waals surface area contributed by atoms with Crippen LogP contribution in [0.2, 0.25) is 5.15 Å². The van der Waals surface area contributed by atoms with Crippen LogP contribution in [0, 0.1) is 13.8 Å². The topological polar surface area (TPSA) is 59.1 Å². The van der Waals surface area contributed by atoms with Crippen LogP contribution in [0.15, 0.2) is 39.8 Å². The van der Waals surface area contributed by atoms with Gasteiger partial charge >= 0.3 is 0 Å². The van der Waals surface area contributed by atoms with E-state index in [-0.39, 0.29) is 16.6 Å². The largest absolute Gasteiger partial charge is 0.242 e. The third-order valence-corrected chi connectivity index (χ3v) is 5.33. The molecule has 7 heteroatoms. The summed E-state index contributed by atoms with van der Waals surface area (Å²) in [4.78, 5) is 3.90. The van der Waals surface area contributed by atoms with Gasteiger partial charge in [-0.3, -0.25) is 0 Å². The number of hydrogen-bond acceptors (Lipinski definition) is 3. The van der Waals surface area contributed by atoms with E-state index >= 15 is 0 Å². The molecule has 1 heterocycles. The summed E-state index contributed by atoms with van der Waals surface area (Å²) in [5.41, 5.74) is 3.11. The zero-order valence-corrected chi connectivity index (χ0v) is 14.7. The second-order valence-corrected chi connectivity index (χ2v) is 7.74. The lowest BCUT2D eigenvalue weighted by Gasteiger charge is -2.09. The third-order valence-electron chi connectivity index (χ3n) is 2.83. The molecule has 0 aliphatic heterocycles. The van der Waals surface area contributed by atoms with Crippen molar-refractivity contribution in [1.29, 1.82) is 0 Å². The lowest BCUT2D eigenvalue weighted by Crippen LogP contribution is -2.23. The van der Waals surface area contributed by atoms with Gasteiger partial charge in [-0.15, -0.1) is 0 Å². The maximum absolute atomic E-state index is 12.2. The highest BCUT2D eigenvalue weighted by Crippen LogP contribution is 2.22. The van der Waals surface area contributed by atoms with Gasteiger partial charge in [0.2, 0.25) is 10.0 Å². The van der Waals surface area contributed by atoms with Crippen molar-refractivity contribution in [2.75, 3.05) is 0 Å². The van der Waals surface area contributed by atoms with E-state index in [4.69, 9.17) is 11.6 Å². The minimum atomic E-state index is -3.62. The molecule has 0 aliphatic rings. The monoisotopic (exact) mass is 388 g/mol. The van der Waals surface area contributed by atoms with Crippen molar-refractivity contribution in [3.8, 4) is 0 Å².